The molecule has 2 aromatic carbocycles. The lowest BCUT2D eigenvalue weighted by molar-refractivity contribution is 0.589. The summed E-state index contributed by atoms with van der Waals surface area (Å²) in [5, 5.41) is 0. The second kappa shape index (κ2) is 8.71. The minimum absolute atomic E-state index is 0.00443. The molecule has 1 aromatic heterocycles. The van der Waals surface area contributed by atoms with E-state index in [2.05, 4.69) is 27.8 Å². The number of allylic oxidation sites excluding steroid dienone is 3. The van der Waals surface area contributed by atoms with E-state index in [-0.39, 0.29) is 22.1 Å². The van der Waals surface area contributed by atoms with Crippen molar-refractivity contribution in [3.8, 4) is 22.3 Å². The van der Waals surface area contributed by atoms with Gasteiger partial charge in [0, 0.05) is 34.8 Å². The number of halogens is 1. The first-order chi connectivity index (χ1) is 14.4. The average Bonchev–Trinajstić information content (AvgIpc) is 2.74. The monoisotopic (exact) mass is 422 g/mol. The molecule has 3 aromatic rings. The van der Waals surface area contributed by atoms with Gasteiger partial charge < -0.3 is 5.73 Å². The summed E-state index contributed by atoms with van der Waals surface area (Å²) in [5.41, 5.74) is 7.23. The standard InChI is InChI=1S/C22H19FN4O2S/c1-3-7-17(4-2)27-30(28,29)21-9-6-5-8-19(21)15-10-11-18(20(23)12-15)16-13-25-22(24)26-14-16/h3-14,27H,1-2H2,(H2,24,25,26)/b17-7+. The van der Waals surface area contributed by atoms with Crippen molar-refractivity contribution in [2.24, 2.45) is 0 Å². The Kier molecular flexibility index (Phi) is 6.08. The zero-order valence-electron chi connectivity index (χ0n) is 15.9. The Morgan fingerprint density at radius 2 is 1.73 bits per heavy atom. The molecule has 0 spiro atoms. The van der Waals surface area contributed by atoms with E-state index in [0.717, 1.165) is 0 Å². The second-order valence-electron chi connectivity index (χ2n) is 6.19. The van der Waals surface area contributed by atoms with E-state index in [0.29, 0.717) is 16.7 Å². The molecule has 0 atom stereocenters. The maximum absolute atomic E-state index is 14.8. The van der Waals surface area contributed by atoms with Crippen molar-refractivity contribution in [1.29, 1.82) is 0 Å². The number of nitrogens with two attached hydrogens (primary N) is 1. The Hall–Kier alpha value is -3.78. The molecule has 3 rings (SSSR count). The van der Waals surface area contributed by atoms with Gasteiger partial charge in [-0.1, -0.05) is 49.6 Å². The lowest BCUT2D eigenvalue weighted by Crippen LogP contribution is -2.22. The van der Waals surface area contributed by atoms with Crippen LogP contribution < -0.4 is 10.5 Å². The van der Waals surface area contributed by atoms with Crippen molar-refractivity contribution in [2.45, 2.75) is 4.90 Å². The molecule has 3 N–H and O–H groups in total. The molecule has 1 heterocycles. The summed E-state index contributed by atoms with van der Waals surface area (Å²) < 4.78 is 43.1. The number of anilines is 1. The molecule has 0 aliphatic rings. The van der Waals surface area contributed by atoms with Gasteiger partial charge in [0.1, 0.15) is 5.82 Å². The Balaban J connectivity index is 2.04. The van der Waals surface area contributed by atoms with Gasteiger partial charge in [-0.2, -0.15) is 0 Å². The van der Waals surface area contributed by atoms with E-state index in [1.54, 1.807) is 30.3 Å². The Labute approximate surface area is 174 Å². The average molecular weight is 422 g/mol. The number of nitrogens with zero attached hydrogens (tertiary/aromatic N) is 2. The molecule has 0 aliphatic carbocycles. The summed E-state index contributed by atoms with van der Waals surface area (Å²) in [6.07, 6.45) is 7.14. The topological polar surface area (TPSA) is 98.0 Å². The quantitative estimate of drug-likeness (QED) is 0.560. The van der Waals surface area contributed by atoms with E-state index in [4.69, 9.17) is 5.73 Å². The van der Waals surface area contributed by atoms with Crippen LogP contribution in [0, 0.1) is 5.82 Å². The van der Waals surface area contributed by atoms with Crippen LogP contribution in [0.1, 0.15) is 0 Å². The number of hydrogen-bond donors (Lipinski definition) is 2. The normalized spacial score (nSPS) is 11.7. The SMILES string of the molecule is C=C/C=C(\C=C)NS(=O)(=O)c1ccccc1-c1ccc(-c2cnc(N)nc2)c(F)c1. The summed E-state index contributed by atoms with van der Waals surface area (Å²) in [7, 11) is -3.95. The highest BCUT2D eigenvalue weighted by Gasteiger charge is 2.20. The maximum atomic E-state index is 14.8. The maximum Gasteiger partial charge on any atom is 0.262 e. The fourth-order valence-corrected chi connectivity index (χ4v) is 4.12. The molecule has 152 valence electrons. The molecule has 0 saturated carbocycles. The molecular formula is C22H19FN4O2S. The third kappa shape index (κ3) is 4.44. The first-order valence-corrected chi connectivity index (χ1v) is 10.3. The van der Waals surface area contributed by atoms with Gasteiger partial charge in [-0.15, -0.1) is 0 Å². The van der Waals surface area contributed by atoms with Gasteiger partial charge in [-0.05, 0) is 29.8 Å². The van der Waals surface area contributed by atoms with Crippen LogP contribution in [-0.2, 0) is 10.0 Å². The highest BCUT2D eigenvalue weighted by Crippen LogP contribution is 2.31. The number of nitrogens with one attached hydrogen (secondary N) is 1. The summed E-state index contributed by atoms with van der Waals surface area (Å²) in [6.45, 7) is 7.13. The number of benzene rings is 2. The predicted octanol–water partition coefficient (Wildman–Crippen LogP) is 4.07. The Morgan fingerprint density at radius 3 is 2.37 bits per heavy atom. The number of aromatic nitrogens is 2. The third-order valence-corrected chi connectivity index (χ3v) is 5.65. The van der Waals surface area contributed by atoms with Gasteiger partial charge in [0.2, 0.25) is 5.95 Å². The summed E-state index contributed by atoms with van der Waals surface area (Å²) >= 11 is 0. The smallest absolute Gasteiger partial charge is 0.262 e. The molecule has 0 bridgehead atoms. The van der Waals surface area contributed by atoms with Crippen molar-refractivity contribution in [3.63, 3.8) is 0 Å². The van der Waals surface area contributed by atoms with Crippen LogP contribution in [0.4, 0.5) is 10.3 Å². The van der Waals surface area contributed by atoms with E-state index in [9.17, 15) is 12.8 Å². The molecule has 6 nitrogen and oxygen atoms in total. The molecule has 30 heavy (non-hydrogen) atoms. The highest BCUT2D eigenvalue weighted by molar-refractivity contribution is 7.89. The summed E-state index contributed by atoms with van der Waals surface area (Å²) in [6, 6.07) is 10.8. The van der Waals surface area contributed by atoms with Crippen LogP contribution in [0.3, 0.4) is 0 Å². The first-order valence-electron chi connectivity index (χ1n) is 8.80. The molecule has 0 saturated heterocycles. The fraction of sp³-hybridized carbons (Fsp3) is 0. The van der Waals surface area contributed by atoms with Crippen molar-refractivity contribution in [1.82, 2.24) is 14.7 Å². The number of sulfonamides is 1. The second-order valence-corrected chi connectivity index (χ2v) is 7.84. The van der Waals surface area contributed by atoms with Crippen molar-refractivity contribution in [3.05, 3.63) is 97.8 Å². The van der Waals surface area contributed by atoms with Crippen molar-refractivity contribution >= 4 is 16.0 Å². The van der Waals surface area contributed by atoms with Gasteiger partial charge in [-0.3, -0.25) is 4.72 Å². The van der Waals surface area contributed by atoms with Gasteiger partial charge in [-0.25, -0.2) is 22.8 Å². The number of nitrogen functional groups attached to an aromatic ring is 1. The van der Waals surface area contributed by atoms with Crippen LogP contribution in [0.5, 0.6) is 0 Å². The van der Waals surface area contributed by atoms with E-state index in [1.165, 1.54) is 42.8 Å². The lowest BCUT2D eigenvalue weighted by atomic mass is 10.0. The molecule has 0 radical (unpaired) electrons. The van der Waals surface area contributed by atoms with Crippen LogP contribution >= 0.6 is 0 Å². The number of rotatable bonds is 7. The van der Waals surface area contributed by atoms with Crippen molar-refractivity contribution < 1.29 is 12.8 Å². The van der Waals surface area contributed by atoms with E-state index < -0.39 is 15.8 Å². The summed E-state index contributed by atoms with van der Waals surface area (Å²) in [4.78, 5) is 7.74. The highest BCUT2D eigenvalue weighted by atomic mass is 32.2. The minimum atomic E-state index is -3.95. The molecule has 8 heteroatoms. The molecular weight excluding hydrogens is 403 g/mol. The van der Waals surface area contributed by atoms with Crippen molar-refractivity contribution in [2.75, 3.05) is 5.73 Å². The first kappa shape index (κ1) is 20.9. The van der Waals surface area contributed by atoms with Crippen LogP contribution in [0.2, 0.25) is 0 Å². The third-order valence-electron chi connectivity index (χ3n) is 4.21. The Morgan fingerprint density at radius 1 is 1.03 bits per heavy atom. The Bertz CT molecular complexity index is 1240. The van der Waals surface area contributed by atoms with Gasteiger partial charge in [0.25, 0.3) is 10.0 Å². The molecule has 0 amide bonds. The summed E-state index contributed by atoms with van der Waals surface area (Å²) in [5.74, 6) is -0.453. The molecule has 0 unspecified atom stereocenters. The van der Waals surface area contributed by atoms with Gasteiger partial charge in [0.05, 0.1) is 4.90 Å². The van der Waals surface area contributed by atoms with Gasteiger partial charge in [0.15, 0.2) is 0 Å². The number of hydrogen-bond acceptors (Lipinski definition) is 5. The minimum Gasteiger partial charge on any atom is -0.368 e. The fourth-order valence-electron chi connectivity index (χ4n) is 2.81. The molecule has 0 fully saturated rings. The van der Waals surface area contributed by atoms with E-state index in [1.807, 2.05) is 0 Å². The van der Waals surface area contributed by atoms with Gasteiger partial charge >= 0.3 is 0 Å². The predicted molar refractivity (Wildman–Crippen MR) is 116 cm³/mol. The van der Waals surface area contributed by atoms with Crippen LogP contribution in [0.25, 0.3) is 22.3 Å². The van der Waals surface area contributed by atoms with Crippen LogP contribution in [-0.4, -0.2) is 18.4 Å². The lowest BCUT2D eigenvalue weighted by Gasteiger charge is -2.14. The zero-order chi connectivity index (χ0) is 21.7. The van der Waals surface area contributed by atoms with E-state index >= 15 is 0 Å². The zero-order valence-corrected chi connectivity index (χ0v) is 16.7. The van der Waals surface area contributed by atoms with Crippen LogP contribution in [0.15, 0.2) is 96.8 Å². The largest absolute Gasteiger partial charge is 0.368 e. The molecule has 0 aliphatic heterocycles.